The maximum Gasteiger partial charge on any atom is 0.255 e. The fourth-order valence-corrected chi connectivity index (χ4v) is 2.51. The van der Waals surface area contributed by atoms with E-state index < -0.39 is 0 Å². The van der Waals surface area contributed by atoms with Crippen LogP contribution < -0.4 is 14.8 Å². The van der Waals surface area contributed by atoms with E-state index in [0.29, 0.717) is 30.3 Å². The quantitative estimate of drug-likeness (QED) is 0.721. The summed E-state index contributed by atoms with van der Waals surface area (Å²) in [6, 6.07) is 13.2. The molecular weight excluding hydrogens is 326 g/mol. The lowest BCUT2D eigenvalue weighted by Gasteiger charge is -2.19. The summed E-state index contributed by atoms with van der Waals surface area (Å²) in [5.74, 6) is 1.09. The minimum Gasteiger partial charge on any atom is -0.490 e. The largest absolute Gasteiger partial charge is 0.490 e. The molecule has 1 amide bonds. The van der Waals surface area contributed by atoms with Crippen molar-refractivity contribution in [2.24, 2.45) is 0 Å². The number of carbonyl (C=O) groups is 1. The number of rotatable bonds is 7. The second-order valence-electron chi connectivity index (χ2n) is 7.22. The van der Waals surface area contributed by atoms with Gasteiger partial charge < -0.3 is 14.8 Å². The Morgan fingerprint density at radius 3 is 2.23 bits per heavy atom. The van der Waals surface area contributed by atoms with E-state index in [9.17, 15) is 4.79 Å². The molecule has 2 rings (SSSR count). The molecule has 2 aromatic carbocycles. The Labute approximate surface area is 156 Å². The Kier molecular flexibility index (Phi) is 6.67. The summed E-state index contributed by atoms with van der Waals surface area (Å²) >= 11 is 0. The first kappa shape index (κ1) is 19.8. The molecule has 0 unspecified atom stereocenters. The molecule has 1 N–H and O–H groups in total. The van der Waals surface area contributed by atoms with Gasteiger partial charge in [0.2, 0.25) is 0 Å². The van der Waals surface area contributed by atoms with Crippen LogP contribution in [0.1, 0.15) is 57.0 Å². The number of hydrogen-bond acceptors (Lipinski definition) is 3. The lowest BCUT2D eigenvalue weighted by Crippen LogP contribution is -2.14. The molecule has 0 atom stereocenters. The van der Waals surface area contributed by atoms with Crippen LogP contribution in [-0.4, -0.2) is 19.1 Å². The molecular formula is C22H29NO3. The van der Waals surface area contributed by atoms with Crippen LogP contribution in [0.5, 0.6) is 11.5 Å². The molecule has 0 heterocycles. The van der Waals surface area contributed by atoms with Gasteiger partial charge >= 0.3 is 0 Å². The van der Waals surface area contributed by atoms with Crippen LogP contribution in [-0.2, 0) is 5.41 Å². The molecule has 0 radical (unpaired) electrons. The second-order valence-corrected chi connectivity index (χ2v) is 7.22. The number of amides is 1. The molecule has 0 aliphatic carbocycles. The average Bonchev–Trinajstić information content (AvgIpc) is 2.60. The van der Waals surface area contributed by atoms with E-state index in [4.69, 9.17) is 9.47 Å². The van der Waals surface area contributed by atoms with Gasteiger partial charge in [0.1, 0.15) is 0 Å². The van der Waals surface area contributed by atoms with Gasteiger partial charge in [0, 0.05) is 11.3 Å². The monoisotopic (exact) mass is 355 g/mol. The molecule has 0 aliphatic heterocycles. The average molecular weight is 355 g/mol. The molecule has 0 bridgehead atoms. The molecule has 0 fully saturated rings. The second kappa shape index (κ2) is 8.75. The van der Waals surface area contributed by atoms with Crippen molar-refractivity contribution < 1.29 is 14.3 Å². The highest BCUT2D eigenvalue weighted by Gasteiger charge is 2.14. The number of benzene rings is 2. The zero-order valence-corrected chi connectivity index (χ0v) is 16.4. The van der Waals surface area contributed by atoms with Crippen molar-refractivity contribution in [2.75, 3.05) is 18.5 Å². The molecule has 26 heavy (non-hydrogen) atoms. The van der Waals surface area contributed by atoms with Crippen LogP contribution in [0, 0.1) is 0 Å². The van der Waals surface area contributed by atoms with E-state index in [0.717, 1.165) is 12.1 Å². The highest BCUT2D eigenvalue weighted by Crippen LogP contribution is 2.29. The summed E-state index contributed by atoms with van der Waals surface area (Å²) in [6.07, 6.45) is 0.915. The van der Waals surface area contributed by atoms with E-state index >= 15 is 0 Å². The summed E-state index contributed by atoms with van der Waals surface area (Å²) < 4.78 is 11.3. The maximum absolute atomic E-state index is 12.6. The lowest BCUT2D eigenvalue weighted by atomic mass is 9.87. The summed E-state index contributed by atoms with van der Waals surface area (Å²) in [4.78, 5) is 12.6. The molecule has 0 spiro atoms. The normalized spacial score (nSPS) is 11.1. The van der Waals surface area contributed by atoms with E-state index in [1.54, 1.807) is 18.2 Å². The van der Waals surface area contributed by atoms with Crippen LogP contribution in [0.4, 0.5) is 5.69 Å². The number of carbonyl (C=O) groups excluding carboxylic acids is 1. The van der Waals surface area contributed by atoms with Crippen molar-refractivity contribution in [3.8, 4) is 11.5 Å². The number of ether oxygens (including phenoxy) is 2. The van der Waals surface area contributed by atoms with Gasteiger partial charge in [-0.1, -0.05) is 39.8 Å². The zero-order chi connectivity index (χ0) is 19.2. The summed E-state index contributed by atoms with van der Waals surface area (Å²) in [7, 11) is 0. The predicted octanol–water partition coefficient (Wildman–Crippen LogP) is 5.42. The van der Waals surface area contributed by atoms with Crippen molar-refractivity contribution in [2.45, 2.75) is 46.5 Å². The van der Waals surface area contributed by atoms with Crippen LogP contribution in [0.2, 0.25) is 0 Å². The van der Waals surface area contributed by atoms with Gasteiger partial charge in [0.05, 0.1) is 13.2 Å². The van der Waals surface area contributed by atoms with Gasteiger partial charge in [-0.05, 0) is 54.7 Å². The Morgan fingerprint density at radius 1 is 0.962 bits per heavy atom. The van der Waals surface area contributed by atoms with Crippen molar-refractivity contribution in [3.63, 3.8) is 0 Å². The van der Waals surface area contributed by atoms with E-state index in [-0.39, 0.29) is 11.3 Å². The Morgan fingerprint density at radius 2 is 1.65 bits per heavy atom. The summed E-state index contributed by atoms with van der Waals surface area (Å²) in [5, 5.41) is 2.93. The standard InChI is InChI=1S/C22H29NO3/c1-6-14-26-19-13-8-16(15-20(19)25-7-2)21(24)23-18-11-9-17(10-12-18)22(3,4)5/h8-13,15H,6-7,14H2,1-5H3,(H,23,24). The molecule has 2 aromatic rings. The molecule has 0 saturated heterocycles. The van der Waals surface area contributed by atoms with Crippen LogP contribution in [0.15, 0.2) is 42.5 Å². The van der Waals surface area contributed by atoms with E-state index in [1.807, 2.05) is 38.1 Å². The fraction of sp³-hybridized carbons (Fsp3) is 0.409. The predicted molar refractivity (Wildman–Crippen MR) is 106 cm³/mol. The van der Waals surface area contributed by atoms with Crippen LogP contribution >= 0.6 is 0 Å². The third kappa shape index (κ3) is 5.25. The first-order valence-corrected chi connectivity index (χ1v) is 9.16. The molecule has 0 aliphatic rings. The maximum atomic E-state index is 12.6. The summed E-state index contributed by atoms with van der Waals surface area (Å²) in [5.41, 5.74) is 2.62. The van der Waals surface area contributed by atoms with Gasteiger partial charge in [-0.3, -0.25) is 4.79 Å². The topological polar surface area (TPSA) is 47.6 Å². The first-order valence-electron chi connectivity index (χ1n) is 9.16. The zero-order valence-electron chi connectivity index (χ0n) is 16.4. The van der Waals surface area contributed by atoms with Crippen molar-refractivity contribution in [1.29, 1.82) is 0 Å². The highest BCUT2D eigenvalue weighted by atomic mass is 16.5. The molecule has 4 nitrogen and oxygen atoms in total. The Bertz CT molecular complexity index is 730. The Hall–Kier alpha value is -2.49. The Balaban J connectivity index is 2.14. The minimum atomic E-state index is -0.170. The smallest absolute Gasteiger partial charge is 0.255 e. The van der Waals surface area contributed by atoms with Crippen LogP contribution in [0.3, 0.4) is 0 Å². The van der Waals surface area contributed by atoms with Crippen LogP contribution in [0.25, 0.3) is 0 Å². The lowest BCUT2D eigenvalue weighted by molar-refractivity contribution is 0.102. The van der Waals surface area contributed by atoms with Crippen molar-refractivity contribution in [3.05, 3.63) is 53.6 Å². The number of nitrogens with one attached hydrogen (secondary N) is 1. The molecule has 0 aromatic heterocycles. The SMILES string of the molecule is CCCOc1ccc(C(=O)Nc2ccc(C(C)(C)C)cc2)cc1OCC. The summed E-state index contributed by atoms with van der Waals surface area (Å²) in [6.45, 7) is 11.6. The fourth-order valence-electron chi connectivity index (χ4n) is 2.51. The third-order valence-corrected chi connectivity index (χ3v) is 3.98. The number of anilines is 1. The minimum absolute atomic E-state index is 0.0866. The molecule has 140 valence electrons. The third-order valence-electron chi connectivity index (χ3n) is 3.98. The molecule has 4 heteroatoms. The van der Waals surface area contributed by atoms with Gasteiger partial charge in [0.15, 0.2) is 11.5 Å². The van der Waals surface area contributed by atoms with Gasteiger partial charge in [-0.25, -0.2) is 0 Å². The van der Waals surface area contributed by atoms with E-state index in [2.05, 4.69) is 26.1 Å². The van der Waals surface area contributed by atoms with Crippen molar-refractivity contribution in [1.82, 2.24) is 0 Å². The number of hydrogen-bond donors (Lipinski definition) is 1. The van der Waals surface area contributed by atoms with Gasteiger partial charge in [-0.2, -0.15) is 0 Å². The van der Waals surface area contributed by atoms with Gasteiger partial charge in [-0.15, -0.1) is 0 Å². The molecule has 0 saturated carbocycles. The van der Waals surface area contributed by atoms with Crippen molar-refractivity contribution >= 4 is 11.6 Å². The van der Waals surface area contributed by atoms with Gasteiger partial charge in [0.25, 0.3) is 5.91 Å². The van der Waals surface area contributed by atoms with E-state index in [1.165, 1.54) is 5.56 Å². The highest BCUT2D eigenvalue weighted by molar-refractivity contribution is 6.04. The first-order chi connectivity index (χ1) is 12.3.